The second-order valence-electron chi connectivity index (χ2n) is 18.0. The standard InChI is InChI=1S/C63H43NO2/c1-63(2)52-28-12-9-22-46(52)48-27-15-25-45(62(48)63)41-34-36-44(37-35-41)64(53-29-17-33-58-61(53)50-24-11-14-31-56(50)66-58)54-39-43(40-18-5-3-6-19-40)38-51(59(54)42-20-7-4-8-21-42)47-26-16-32-57-60(47)49-23-10-13-30-55(49)65-57/h3-39H,1-2H3. The number of fused-ring (bicyclic) bond motifs is 9. The molecule has 1 aliphatic carbocycles. The quantitative estimate of drug-likeness (QED) is 0.160. The highest BCUT2D eigenvalue weighted by Gasteiger charge is 2.37. The van der Waals surface area contributed by atoms with Gasteiger partial charge in [0, 0.05) is 32.8 Å². The van der Waals surface area contributed by atoms with Crippen LogP contribution in [0.5, 0.6) is 0 Å². The van der Waals surface area contributed by atoms with Gasteiger partial charge in [-0.2, -0.15) is 0 Å². The molecule has 12 aromatic rings. The summed E-state index contributed by atoms with van der Waals surface area (Å²) in [6.07, 6.45) is 0. The minimum atomic E-state index is -0.146. The van der Waals surface area contributed by atoms with E-state index in [-0.39, 0.29) is 5.41 Å². The zero-order valence-corrected chi connectivity index (χ0v) is 36.6. The summed E-state index contributed by atoms with van der Waals surface area (Å²) in [6.45, 7) is 4.73. The van der Waals surface area contributed by atoms with Gasteiger partial charge < -0.3 is 13.7 Å². The second-order valence-corrected chi connectivity index (χ2v) is 18.0. The van der Waals surface area contributed by atoms with Crippen molar-refractivity contribution in [2.24, 2.45) is 0 Å². The summed E-state index contributed by atoms with van der Waals surface area (Å²) in [5.41, 5.74) is 20.9. The molecule has 66 heavy (non-hydrogen) atoms. The topological polar surface area (TPSA) is 29.5 Å². The Morgan fingerprint density at radius 3 is 1.64 bits per heavy atom. The molecule has 0 radical (unpaired) electrons. The normalized spacial score (nSPS) is 12.8. The highest BCUT2D eigenvalue weighted by Crippen LogP contribution is 2.54. The lowest BCUT2D eigenvalue weighted by Gasteiger charge is -2.31. The van der Waals surface area contributed by atoms with E-state index in [0.717, 1.165) is 94.3 Å². The van der Waals surface area contributed by atoms with E-state index in [4.69, 9.17) is 8.83 Å². The molecule has 0 bridgehead atoms. The molecular weight excluding hydrogens is 803 g/mol. The Bertz CT molecular complexity index is 3840. The molecule has 0 fully saturated rings. The average Bonchev–Trinajstić information content (AvgIpc) is 4.03. The van der Waals surface area contributed by atoms with Gasteiger partial charge in [0.2, 0.25) is 0 Å². The molecule has 0 unspecified atom stereocenters. The number of rotatable bonds is 7. The largest absolute Gasteiger partial charge is 0.456 e. The summed E-state index contributed by atoms with van der Waals surface area (Å²) in [4.78, 5) is 2.47. The SMILES string of the molecule is CC1(C)c2ccccc2-c2cccc(-c3ccc(N(c4cc(-c5ccccc5)cc(-c5cccc6oc7ccccc7c56)c4-c4ccccc4)c4cccc5oc6ccccc6c45)cc3)c21. The molecular formula is C63H43NO2. The molecule has 0 amide bonds. The van der Waals surface area contributed by atoms with Crippen molar-refractivity contribution >= 4 is 60.9 Å². The lowest BCUT2D eigenvalue weighted by molar-refractivity contribution is 0.662. The van der Waals surface area contributed by atoms with Crippen molar-refractivity contribution in [3.05, 3.63) is 236 Å². The molecule has 2 heterocycles. The van der Waals surface area contributed by atoms with E-state index >= 15 is 0 Å². The molecule has 0 N–H and O–H groups in total. The third kappa shape index (κ3) is 5.83. The Balaban J connectivity index is 1.12. The zero-order valence-electron chi connectivity index (χ0n) is 36.6. The number of hydrogen-bond donors (Lipinski definition) is 0. The van der Waals surface area contributed by atoms with Crippen molar-refractivity contribution < 1.29 is 8.83 Å². The molecule has 0 aliphatic heterocycles. The maximum absolute atomic E-state index is 6.62. The summed E-state index contributed by atoms with van der Waals surface area (Å²) in [7, 11) is 0. The molecule has 3 nitrogen and oxygen atoms in total. The first kappa shape index (κ1) is 38.1. The van der Waals surface area contributed by atoms with Crippen molar-refractivity contribution in [1.82, 2.24) is 0 Å². The van der Waals surface area contributed by atoms with Crippen LogP contribution in [0.3, 0.4) is 0 Å². The number of nitrogens with zero attached hydrogens (tertiary/aromatic N) is 1. The molecule has 0 spiro atoms. The molecule has 0 saturated carbocycles. The minimum absolute atomic E-state index is 0.146. The molecule has 13 rings (SSSR count). The second kappa shape index (κ2) is 14.8. The van der Waals surface area contributed by atoms with Gasteiger partial charge in [0.05, 0.1) is 16.8 Å². The van der Waals surface area contributed by atoms with Crippen LogP contribution in [0.2, 0.25) is 0 Å². The van der Waals surface area contributed by atoms with Crippen LogP contribution in [0.4, 0.5) is 17.1 Å². The van der Waals surface area contributed by atoms with Gasteiger partial charge >= 0.3 is 0 Å². The van der Waals surface area contributed by atoms with Crippen LogP contribution in [-0.2, 0) is 5.41 Å². The van der Waals surface area contributed by atoms with Gasteiger partial charge in [-0.1, -0.05) is 184 Å². The average molecular weight is 846 g/mol. The molecule has 0 atom stereocenters. The van der Waals surface area contributed by atoms with Crippen LogP contribution in [-0.4, -0.2) is 0 Å². The zero-order chi connectivity index (χ0) is 43.9. The van der Waals surface area contributed by atoms with E-state index in [0.29, 0.717) is 0 Å². The first-order chi connectivity index (χ1) is 32.5. The maximum atomic E-state index is 6.62. The van der Waals surface area contributed by atoms with Gasteiger partial charge in [-0.15, -0.1) is 0 Å². The van der Waals surface area contributed by atoms with Gasteiger partial charge in [-0.25, -0.2) is 0 Å². The van der Waals surface area contributed by atoms with Crippen LogP contribution in [0, 0.1) is 0 Å². The molecule has 3 heteroatoms. The van der Waals surface area contributed by atoms with Gasteiger partial charge in [-0.05, 0) is 116 Å². The van der Waals surface area contributed by atoms with E-state index in [1.54, 1.807) is 0 Å². The number of hydrogen-bond acceptors (Lipinski definition) is 3. The smallest absolute Gasteiger partial charge is 0.137 e. The van der Waals surface area contributed by atoms with Gasteiger partial charge in [0.15, 0.2) is 0 Å². The highest BCUT2D eigenvalue weighted by molar-refractivity contribution is 6.17. The van der Waals surface area contributed by atoms with Gasteiger partial charge in [-0.3, -0.25) is 0 Å². The fraction of sp³-hybridized carbons (Fsp3) is 0.0476. The van der Waals surface area contributed by atoms with Crippen LogP contribution < -0.4 is 4.90 Å². The Labute approximate surface area is 383 Å². The van der Waals surface area contributed by atoms with Crippen LogP contribution in [0.25, 0.3) is 99.5 Å². The predicted molar refractivity (Wildman–Crippen MR) is 275 cm³/mol. The maximum Gasteiger partial charge on any atom is 0.137 e. The summed E-state index contributed by atoms with van der Waals surface area (Å²) in [5, 5.41) is 4.32. The third-order valence-corrected chi connectivity index (χ3v) is 13.9. The predicted octanol–water partition coefficient (Wildman–Crippen LogP) is 17.9. The Morgan fingerprint density at radius 2 is 0.894 bits per heavy atom. The van der Waals surface area contributed by atoms with Crippen molar-refractivity contribution in [3.63, 3.8) is 0 Å². The van der Waals surface area contributed by atoms with Crippen molar-refractivity contribution in [1.29, 1.82) is 0 Å². The molecule has 10 aromatic carbocycles. The number of para-hydroxylation sites is 2. The number of furan rings is 2. The lowest BCUT2D eigenvalue weighted by Crippen LogP contribution is -2.16. The lowest BCUT2D eigenvalue weighted by atomic mass is 9.79. The summed E-state index contributed by atoms with van der Waals surface area (Å²) < 4.78 is 13.2. The summed E-state index contributed by atoms with van der Waals surface area (Å²) >= 11 is 0. The minimum Gasteiger partial charge on any atom is -0.456 e. The Morgan fingerprint density at radius 1 is 0.348 bits per heavy atom. The highest BCUT2D eigenvalue weighted by atomic mass is 16.3. The fourth-order valence-corrected chi connectivity index (χ4v) is 10.9. The van der Waals surface area contributed by atoms with Crippen LogP contribution in [0.15, 0.2) is 233 Å². The van der Waals surface area contributed by atoms with E-state index in [1.165, 1.54) is 33.4 Å². The Kier molecular flexibility index (Phi) is 8.56. The molecule has 1 aliphatic rings. The first-order valence-electron chi connectivity index (χ1n) is 22.7. The van der Waals surface area contributed by atoms with Gasteiger partial charge in [0.1, 0.15) is 22.3 Å². The van der Waals surface area contributed by atoms with E-state index in [1.807, 2.05) is 12.1 Å². The van der Waals surface area contributed by atoms with Crippen molar-refractivity contribution in [2.75, 3.05) is 4.90 Å². The Hall–Kier alpha value is -8.40. The van der Waals surface area contributed by atoms with E-state index in [2.05, 4.69) is 231 Å². The molecule has 312 valence electrons. The number of anilines is 3. The molecule has 0 saturated heterocycles. The van der Waals surface area contributed by atoms with Gasteiger partial charge in [0.25, 0.3) is 0 Å². The monoisotopic (exact) mass is 845 g/mol. The third-order valence-electron chi connectivity index (χ3n) is 13.9. The number of benzene rings is 10. The fourth-order valence-electron chi connectivity index (χ4n) is 10.9. The van der Waals surface area contributed by atoms with E-state index < -0.39 is 0 Å². The first-order valence-corrected chi connectivity index (χ1v) is 22.7. The van der Waals surface area contributed by atoms with Crippen molar-refractivity contribution in [2.45, 2.75) is 19.3 Å². The summed E-state index contributed by atoms with van der Waals surface area (Å²) in [5.74, 6) is 0. The summed E-state index contributed by atoms with van der Waals surface area (Å²) in [6, 6.07) is 81.0. The van der Waals surface area contributed by atoms with Crippen molar-refractivity contribution in [3.8, 4) is 55.6 Å². The molecule has 2 aromatic heterocycles. The van der Waals surface area contributed by atoms with Crippen LogP contribution >= 0.6 is 0 Å². The van der Waals surface area contributed by atoms with E-state index in [9.17, 15) is 0 Å². The van der Waals surface area contributed by atoms with Crippen LogP contribution in [0.1, 0.15) is 25.0 Å².